The molecule has 0 aliphatic rings. The molecule has 4 heteroatoms. The first kappa shape index (κ1) is 10.7. The van der Waals surface area contributed by atoms with Gasteiger partial charge in [0.25, 0.3) is 0 Å². The minimum absolute atomic E-state index is 0.260. The van der Waals surface area contributed by atoms with Crippen LogP contribution in [0.25, 0.3) is 0 Å². The van der Waals surface area contributed by atoms with E-state index in [0.717, 1.165) is 5.69 Å². The Balaban J connectivity index is 1.92. The number of nitrogens with one attached hydrogen (secondary N) is 1. The Morgan fingerprint density at radius 2 is 2.06 bits per heavy atom. The van der Waals surface area contributed by atoms with E-state index in [1.807, 2.05) is 12.3 Å². The van der Waals surface area contributed by atoms with Crippen molar-refractivity contribution in [3.05, 3.63) is 54.4 Å². The number of aromatic nitrogens is 3. The van der Waals surface area contributed by atoms with Crippen molar-refractivity contribution in [2.45, 2.75) is 19.5 Å². The van der Waals surface area contributed by atoms with Crippen molar-refractivity contribution < 1.29 is 0 Å². The van der Waals surface area contributed by atoms with Gasteiger partial charge in [0, 0.05) is 43.6 Å². The van der Waals surface area contributed by atoms with Gasteiger partial charge < -0.3 is 5.32 Å². The van der Waals surface area contributed by atoms with Crippen molar-refractivity contribution >= 4 is 0 Å². The van der Waals surface area contributed by atoms with Crippen molar-refractivity contribution in [2.24, 2.45) is 0 Å². The van der Waals surface area contributed by atoms with E-state index < -0.39 is 0 Å². The maximum absolute atomic E-state index is 4.20. The summed E-state index contributed by atoms with van der Waals surface area (Å²) in [6.45, 7) is 2.82. The highest BCUT2D eigenvalue weighted by atomic mass is 14.9. The molecule has 0 bridgehead atoms. The quantitative estimate of drug-likeness (QED) is 0.842. The maximum atomic E-state index is 4.20. The van der Waals surface area contributed by atoms with Crippen LogP contribution in [0, 0.1) is 0 Å². The average molecular weight is 214 g/mol. The lowest BCUT2D eigenvalue weighted by atomic mass is 10.1. The number of rotatable bonds is 4. The van der Waals surface area contributed by atoms with Crippen LogP contribution in [0.2, 0.25) is 0 Å². The normalized spacial score (nSPS) is 12.3. The highest BCUT2D eigenvalue weighted by Gasteiger charge is 2.04. The summed E-state index contributed by atoms with van der Waals surface area (Å²) in [7, 11) is 0. The molecule has 0 fully saturated rings. The Labute approximate surface area is 94.8 Å². The van der Waals surface area contributed by atoms with Gasteiger partial charge in [0.2, 0.25) is 0 Å². The molecule has 0 saturated carbocycles. The molecule has 2 aromatic rings. The van der Waals surface area contributed by atoms with Crippen LogP contribution in [0.5, 0.6) is 0 Å². The molecular formula is C12H14N4. The first-order chi connectivity index (χ1) is 7.86. The minimum atomic E-state index is 0.260. The summed E-state index contributed by atoms with van der Waals surface area (Å²) in [5, 5.41) is 3.37. The van der Waals surface area contributed by atoms with Crippen molar-refractivity contribution in [1.82, 2.24) is 20.3 Å². The van der Waals surface area contributed by atoms with E-state index >= 15 is 0 Å². The molecule has 0 unspecified atom stereocenters. The second kappa shape index (κ2) is 5.32. The Morgan fingerprint density at radius 3 is 2.75 bits per heavy atom. The second-order valence-electron chi connectivity index (χ2n) is 3.59. The molecule has 0 radical (unpaired) electrons. The molecule has 82 valence electrons. The summed E-state index contributed by atoms with van der Waals surface area (Å²) < 4.78 is 0. The molecule has 0 aliphatic carbocycles. The van der Waals surface area contributed by atoms with Crippen LogP contribution in [-0.4, -0.2) is 15.0 Å². The monoisotopic (exact) mass is 214 g/mol. The largest absolute Gasteiger partial charge is 0.304 e. The molecule has 16 heavy (non-hydrogen) atoms. The lowest BCUT2D eigenvalue weighted by Crippen LogP contribution is -2.18. The molecule has 0 saturated heterocycles. The van der Waals surface area contributed by atoms with Gasteiger partial charge in [0.05, 0.1) is 5.69 Å². The molecule has 1 N–H and O–H groups in total. The molecule has 0 spiro atoms. The van der Waals surface area contributed by atoms with Gasteiger partial charge in [0.1, 0.15) is 0 Å². The van der Waals surface area contributed by atoms with Gasteiger partial charge in [-0.2, -0.15) is 0 Å². The van der Waals surface area contributed by atoms with Crippen molar-refractivity contribution in [3.63, 3.8) is 0 Å². The predicted molar refractivity (Wildman–Crippen MR) is 61.5 cm³/mol. The predicted octanol–water partition coefficient (Wildman–Crippen LogP) is 1.72. The van der Waals surface area contributed by atoms with Crippen LogP contribution in [0.4, 0.5) is 0 Å². The van der Waals surface area contributed by atoms with Crippen LogP contribution >= 0.6 is 0 Å². The standard InChI is InChI=1S/C12H14N4/c1-10(11-3-2-4-13-7-11)16-9-12-8-14-5-6-15-12/h2-8,10,16H,9H2,1H3/t10-/m1/s1. The molecule has 4 nitrogen and oxygen atoms in total. The second-order valence-corrected chi connectivity index (χ2v) is 3.59. The number of hydrogen-bond donors (Lipinski definition) is 1. The smallest absolute Gasteiger partial charge is 0.0724 e. The fourth-order valence-corrected chi connectivity index (χ4v) is 1.43. The Bertz CT molecular complexity index is 416. The van der Waals surface area contributed by atoms with Gasteiger partial charge in [-0.3, -0.25) is 15.0 Å². The van der Waals surface area contributed by atoms with Crippen LogP contribution in [0.15, 0.2) is 43.1 Å². The number of pyridine rings is 1. The first-order valence-electron chi connectivity index (χ1n) is 5.24. The Morgan fingerprint density at radius 1 is 1.19 bits per heavy atom. The summed E-state index contributed by atoms with van der Waals surface area (Å²) in [5.74, 6) is 0. The van der Waals surface area contributed by atoms with E-state index in [1.165, 1.54) is 5.56 Å². The molecule has 2 rings (SSSR count). The SMILES string of the molecule is C[C@@H](NCc1cnccn1)c1cccnc1. The van der Waals surface area contributed by atoms with Gasteiger partial charge in [-0.25, -0.2) is 0 Å². The Kier molecular flexibility index (Phi) is 3.56. The van der Waals surface area contributed by atoms with Crippen LogP contribution < -0.4 is 5.32 Å². The summed E-state index contributed by atoms with van der Waals surface area (Å²) in [6, 6.07) is 4.26. The first-order valence-corrected chi connectivity index (χ1v) is 5.24. The summed E-state index contributed by atoms with van der Waals surface area (Å²) in [4.78, 5) is 12.3. The van der Waals surface area contributed by atoms with E-state index in [-0.39, 0.29) is 6.04 Å². The van der Waals surface area contributed by atoms with Crippen molar-refractivity contribution in [3.8, 4) is 0 Å². The van der Waals surface area contributed by atoms with E-state index in [2.05, 4.69) is 33.3 Å². The summed E-state index contributed by atoms with van der Waals surface area (Å²) in [6.07, 6.45) is 8.79. The van der Waals surface area contributed by atoms with Gasteiger partial charge >= 0.3 is 0 Å². The van der Waals surface area contributed by atoms with Gasteiger partial charge in [-0.15, -0.1) is 0 Å². The van der Waals surface area contributed by atoms with E-state index in [4.69, 9.17) is 0 Å². The molecule has 2 heterocycles. The topological polar surface area (TPSA) is 50.7 Å². The third-order valence-corrected chi connectivity index (χ3v) is 2.39. The highest BCUT2D eigenvalue weighted by molar-refractivity contribution is 5.13. The molecular weight excluding hydrogens is 200 g/mol. The third kappa shape index (κ3) is 2.84. The van der Waals surface area contributed by atoms with Crippen LogP contribution in [-0.2, 0) is 6.54 Å². The zero-order chi connectivity index (χ0) is 11.2. The summed E-state index contributed by atoms with van der Waals surface area (Å²) >= 11 is 0. The zero-order valence-corrected chi connectivity index (χ0v) is 9.17. The highest BCUT2D eigenvalue weighted by Crippen LogP contribution is 2.10. The molecule has 0 amide bonds. The molecule has 2 aromatic heterocycles. The zero-order valence-electron chi connectivity index (χ0n) is 9.17. The fraction of sp³-hybridized carbons (Fsp3) is 0.250. The van der Waals surface area contributed by atoms with E-state index in [1.54, 1.807) is 24.8 Å². The number of nitrogens with zero attached hydrogens (tertiary/aromatic N) is 3. The van der Waals surface area contributed by atoms with Crippen LogP contribution in [0.1, 0.15) is 24.2 Å². The molecule has 0 aliphatic heterocycles. The van der Waals surface area contributed by atoms with E-state index in [0.29, 0.717) is 6.54 Å². The van der Waals surface area contributed by atoms with Crippen molar-refractivity contribution in [1.29, 1.82) is 0 Å². The maximum Gasteiger partial charge on any atom is 0.0724 e. The lowest BCUT2D eigenvalue weighted by molar-refractivity contribution is 0.565. The lowest BCUT2D eigenvalue weighted by Gasteiger charge is -2.12. The fourth-order valence-electron chi connectivity index (χ4n) is 1.43. The Hall–Kier alpha value is -1.81. The average Bonchev–Trinajstić information content (AvgIpc) is 2.38. The van der Waals surface area contributed by atoms with E-state index in [9.17, 15) is 0 Å². The van der Waals surface area contributed by atoms with Crippen LogP contribution in [0.3, 0.4) is 0 Å². The molecule has 0 aromatic carbocycles. The van der Waals surface area contributed by atoms with Gasteiger partial charge in [0.15, 0.2) is 0 Å². The number of hydrogen-bond acceptors (Lipinski definition) is 4. The van der Waals surface area contributed by atoms with Gasteiger partial charge in [-0.05, 0) is 18.6 Å². The summed E-state index contributed by atoms with van der Waals surface area (Å²) in [5.41, 5.74) is 2.12. The van der Waals surface area contributed by atoms with Crippen molar-refractivity contribution in [2.75, 3.05) is 0 Å². The van der Waals surface area contributed by atoms with Gasteiger partial charge in [-0.1, -0.05) is 6.07 Å². The third-order valence-electron chi connectivity index (χ3n) is 2.39. The minimum Gasteiger partial charge on any atom is -0.304 e. The molecule has 1 atom stereocenters.